The number of esters is 2. The van der Waals surface area contributed by atoms with Crippen LogP contribution in [0.3, 0.4) is 0 Å². The molecule has 0 bridgehead atoms. The first-order valence-electron chi connectivity index (χ1n) is 8.91. The van der Waals surface area contributed by atoms with E-state index in [2.05, 4.69) is 18.4 Å². The number of carbonyl (C=O) groups is 2. The average molecular weight is 360 g/mol. The maximum absolute atomic E-state index is 12.1. The van der Waals surface area contributed by atoms with Gasteiger partial charge in [-0.05, 0) is 43.9 Å². The van der Waals surface area contributed by atoms with E-state index in [1.807, 2.05) is 32.9 Å². The van der Waals surface area contributed by atoms with Crippen LogP contribution in [-0.2, 0) is 25.6 Å². The standard InChI is InChI=1S/C20H28N2O4/c1-6-7-8-25-19(23)13-26-20(24)18(11-21)10-17-9-15(4)22(16(17)5)12-14(2)3/h9-10,14H,6-8,12-13H2,1-5H3/b18-10+. The number of rotatable bonds is 9. The smallest absolute Gasteiger partial charge is 0.349 e. The van der Waals surface area contributed by atoms with Gasteiger partial charge < -0.3 is 14.0 Å². The molecule has 0 spiro atoms. The Bertz CT molecular complexity index is 708. The predicted molar refractivity (Wildman–Crippen MR) is 99.2 cm³/mol. The zero-order valence-corrected chi connectivity index (χ0v) is 16.3. The molecule has 0 unspecified atom stereocenters. The molecule has 142 valence electrons. The van der Waals surface area contributed by atoms with Crippen molar-refractivity contribution in [2.75, 3.05) is 13.2 Å². The van der Waals surface area contributed by atoms with Crippen LogP contribution in [0, 0.1) is 31.1 Å². The minimum Gasteiger partial charge on any atom is -0.463 e. The Labute approximate surface area is 155 Å². The van der Waals surface area contributed by atoms with Crippen LogP contribution in [0.5, 0.6) is 0 Å². The van der Waals surface area contributed by atoms with Crippen molar-refractivity contribution in [1.29, 1.82) is 5.26 Å². The van der Waals surface area contributed by atoms with E-state index in [1.54, 1.807) is 0 Å². The number of aromatic nitrogens is 1. The van der Waals surface area contributed by atoms with E-state index in [1.165, 1.54) is 6.08 Å². The molecule has 0 saturated heterocycles. The van der Waals surface area contributed by atoms with Crippen molar-refractivity contribution in [3.05, 3.63) is 28.6 Å². The summed E-state index contributed by atoms with van der Waals surface area (Å²) in [7, 11) is 0. The molecule has 1 aromatic rings. The fourth-order valence-corrected chi connectivity index (χ4v) is 2.49. The molecule has 1 heterocycles. The van der Waals surface area contributed by atoms with E-state index in [4.69, 9.17) is 9.47 Å². The van der Waals surface area contributed by atoms with Gasteiger partial charge in [-0.1, -0.05) is 27.2 Å². The van der Waals surface area contributed by atoms with Crippen LogP contribution in [0.15, 0.2) is 11.6 Å². The lowest BCUT2D eigenvalue weighted by Crippen LogP contribution is -2.17. The van der Waals surface area contributed by atoms with Gasteiger partial charge in [0.25, 0.3) is 0 Å². The third-order valence-electron chi connectivity index (χ3n) is 3.88. The number of aryl methyl sites for hydroxylation is 1. The molecular formula is C20H28N2O4. The van der Waals surface area contributed by atoms with Gasteiger partial charge in [-0.25, -0.2) is 9.59 Å². The van der Waals surface area contributed by atoms with Gasteiger partial charge in [0.1, 0.15) is 11.6 Å². The molecule has 0 aliphatic carbocycles. The normalized spacial score (nSPS) is 11.3. The molecule has 26 heavy (non-hydrogen) atoms. The SMILES string of the molecule is CCCCOC(=O)COC(=O)/C(C#N)=C/c1cc(C)n(CC(C)C)c1C. The molecule has 0 fully saturated rings. The van der Waals surface area contributed by atoms with Crippen molar-refractivity contribution < 1.29 is 19.1 Å². The van der Waals surface area contributed by atoms with E-state index >= 15 is 0 Å². The van der Waals surface area contributed by atoms with Gasteiger partial charge >= 0.3 is 11.9 Å². The van der Waals surface area contributed by atoms with E-state index in [0.29, 0.717) is 12.5 Å². The Balaban J connectivity index is 2.80. The molecule has 0 radical (unpaired) electrons. The monoisotopic (exact) mass is 360 g/mol. The molecule has 6 heteroatoms. The highest BCUT2D eigenvalue weighted by atomic mass is 16.6. The number of hydrogen-bond acceptors (Lipinski definition) is 5. The number of nitrogens with zero attached hydrogens (tertiary/aromatic N) is 2. The van der Waals surface area contributed by atoms with Crippen molar-refractivity contribution >= 4 is 18.0 Å². The highest BCUT2D eigenvalue weighted by molar-refractivity contribution is 5.98. The lowest BCUT2D eigenvalue weighted by Gasteiger charge is -2.12. The summed E-state index contributed by atoms with van der Waals surface area (Å²) in [4.78, 5) is 23.6. The van der Waals surface area contributed by atoms with Gasteiger partial charge in [-0.3, -0.25) is 0 Å². The summed E-state index contributed by atoms with van der Waals surface area (Å²) in [5, 5.41) is 9.27. The van der Waals surface area contributed by atoms with Crippen LogP contribution in [0.4, 0.5) is 0 Å². The number of hydrogen-bond donors (Lipinski definition) is 0. The zero-order chi connectivity index (χ0) is 19.7. The molecule has 0 atom stereocenters. The Morgan fingerprint density at radius 3 is 2.58 bits per heavy atom. The van der Waals surface area contributed by atoms with Crippen LogP contribution in [0.1, 0.15) is 50.6 Å². The predicted octanol–water partition coefficient (Wildman–Crippen LogP) is 3.55. The summed E-state index contributed by atoms with van der Waals surface area (Å²) in [5.41, 5.74) is 2.70. The van der Waals surface area contributed by atoms with Gasteiger partial charge in [0.2, 0.25) is 0 Å². The fourth-order valence-electron chi connectivity index (χ4n) is 2.49. The summed E-state index contributed by atoms with van der Waals surface area (Å²) < 4.78 is 12.0. The minimum absolute atomic E-state index is 0.142. The Kier molecular flexibility index (Phi) is 8.63. The third-order valence-corrected chi connectivity index (χ3v) is 3.88. The van der Waals surface area contributed by atoms with Gasteiger partial charge in [-0.15, -0.1) is 0 Å². The number of ether oxygens (including phenoxy) is 2. The van der Waals surface area contributed by atoms with Crippen LogP contribution in [0.25, 0.3) is 6.08 Å². The molecule has 0 N–H and O–H groups in total. The molecule has 0 aromatic carbocycles. The van der Waals surface area contributed by atoms with Crippen molar-refractivity contribution in [3.63, 3.8) is 0 Å². The summed E-state index contributed by atoms with van der Waals surface area (Å²) >= 11 is 0. The lowest BCUT2D eigenvalue weighted by atomic mass is 10.1. The van der Waals surface area contributed by atoms with Crippen LogP contribution >= 0.6 is 0 Å². The Morgan fingerprint density at radius 2 is 2.00 bits per heavy atom. The van der Waals surface area contributed by atoms with E-state index in [0.717, 1.165) is 36.3 Å². The van der Waals surface area contributed by atoms with Gasteiger partial charge in [0.05, 0.1) is 6.61 Å². The quantitative estimate of drug-likeness (QED) is 0.291. The first-order chi connectivity index (χ1) is 12.3. The van der Waals surface area contributed by atoms with Crippen LogP contribution in [-0.4, -0.2) is 29.7 Å². The Morgan fingerprint density at radius 1 is 1.31 bits per heavy atom. The van der Waals surface area contributed by atoms with Crippen LogP contribution in [0.2, 0.25) is 0 Å². The molecule has 6 nitrogen and oxygen atoms in total. The maximum atomic E-state index is 12.1. The zero-order valence-electron chi connectivity index (χ0n) is 16.3. The molecule has 0 amide bonds. The molecule has 1 aromatic heterocycles. The third kappa shape index (κ3) is 6.40. The average Bonchev–Trinajstić information content (AvgIpc) is 2.84. The largest absolute Gasteiger partial charge is 0.463 e. The summed E-state index contributed by atoms with van der Waals surface area (Å²) in [6.07, 6.45) is 3.17. The van der Waals surface area contributed by atoms with Crippen molar-refractivity contribution in [2.24, 2.45) is 5.92 Å². The number of carbonyl (C=O) groups excluding carboxylic acids is 2. The fraction of sp³-hybridized carbons (Fsp3) is 0.550. The van der Waals surface area contributed by atoms with Crippen molar-refractivity contribution in [1.82, 2.24) is 4.57 Å². The van der Waals surface area contributed by atoms with Gasteiger partial charge in [0.15, 0.2) is 6.61 Å². The molecule has 0 aliphatic heterocycles. The molecule has 0 aliphatic rings. The number of nitriles is 1. The van der Waals surface area contributed by atoms with E-state index < -0.39 is 18.5 Å². The highest BCUT2D eigenvalue weighted by Gasteiger charge is 2.16. The van der Waals surface area contributed by atoms with Gasteiger partial charge in [0, 0.05) is 17.9 Å². The summed E-state index contributed by atoms with van der Waals surface area (Å²) in [6, 6.07) is 3.78. The minimum atomic E-state index is -0.825. The molecule has 1 rings (SSSR count). The second-order valence-electron chi connectivity index (χ2n) is 6.65. The first-order valence-corrected chi connectivity index (χ1v) is 8.91. The topological polar surface area (TPSA) is 81.3 Å². The second kappa shape index (κ2) is 10.4. The van der Waals surface area contributed by atoms with Crippen molar-refractivity contribution in [2.45, 2.75) is 54.0 Å². The highest BCUT2D eigenvalue weighted by Crippen LogP contribution is 2.20. The summed E-state index contributed by atoms with van der Waals surface area (Å²) in [6.45, 7) is 10.9. The van der Waals surface area contributed by atoms with Crippen LogP contribution < -0.4 is 0 Å². The lowest BCUT2D eigenvalue weighted by molar-refractivity contribution is -0.156. The second-order valence-corrected chi connectivity index (χ2v) is 6.65. The van der Waals surface area contributed by atoms with E-state index in [-0.39, 0.29) is 5.57 Å². The van der Waals surface area contributed by atoms with Gasteiger partial charge in [-0.2, -0.15) is 5.26 Å². The number of unbranched alkanes of at least 4 members (excludes halogenated alkanes) is 1. The summed E-state index contributed by atoms with van der Waals surface area (Å²) in [5.74, 6) is -0.955. The maximum Gasteiger partial charge on any atom is 0.349 e. The van der Waals surface area contributed by atoms with E-state index in [9.17, 15) is 14.9 Å². The van der Waals surface area contributed by atoms with Crippen molar-refractivity contribution in [3.8, 4) is 6.07 Å². The first kappa shape index (κ1) is 21.5. The molecular weight excluding hydrogens is 332 g/mol. The molecule has 0 saturated carbocycles. The Hall–Kier alpha value is -2.55.